The number of benzene rings is 3. The topological polar surface area (TPSA) is 46.2 Å². The van der Waals surface area contributed by atoms with E-state index in [2.05, 4.69) is 113 Å². The molecule has 218 valence electrons. The second kappa shape index (κ2) is 6.54. The van der Waals surface area contributed by atoms with Crippen LogP contribution in [0.15, 0.2) is 84.9 Å². The van der Waals surface area contributed by atoms with Crippen molar-refractivity contribution in [3.63, 3.8) is 0 Å². The number of fused-ring (bicyclic) bond motifs is 7. The Bertz CT molecular complexity index is 1590. The van der Waals surface area contributed by atoms with Gasteiger partial charge in [0.2, 0.25) is 0 Å². The Morgan fingerprint density at radius 1 is 0.442 bits per heavy atom. The van der Waals surface area contributed by atoms with Crippen molar-refractivity contribution in [1.82, 2.24) is 0 Å². The lowest BCUT2D eigenvalue weighted by atomic mass is 9.36. The Balaban J connectivity index is 1.28. The predicted octanol–water partition coefficient (Wildman–Crippen LogP) is 6.00. The Morgan fingerprint density at radius 2 is 0.767 bits per heavy atom. The molecule has 12 atom stereocenters. The zero-order chi connectivity index (χ0) is 28.5. The van der Waals surface area contributed by atoms with Gasteiger partial charge in [-0.2, -0.15) is 0 Å². The Hall–Kier alpha value is -2.54. The smallest absolute Gasteiger partial charge is 0.163 e. The highest BCUT2D eigenvalue weighted by atomic mass is 16.8. The molecule has 3 aromatic rings. The average molecular weight is 573 g/mol. The molecule has 6 saturated carbocycles. The molecule has 10 bridgehead atoms. The van der Waals surface area contributed by atoms with Gasteiger partial charge in [0.15, 0.2) is 11.6 Å². The number of hydrogen-bond acceptors (Lipinski definition) is 5. The monoisotopic (exact) mass is 572 g/mol. The lowest BCUT2D eigenvalue weighted by Crippen LogP contribution is -2.71. The molecule has 13 rings (SSSR count). The van der Waals surface area contributed by atoms with E-state index < -0.39 is 22.8 Å². The first kappa shape index (κ1) is 23.8. The van der Waals surface area contributed by atoms with Gasteiger partial charge in [-0.25, -0.2) is 0 Å². The Kier molecular flexibility index (Phi) is 3.62. The van der Waals surface area contributed by atoms with E-state index in [0.717, 1.165) is 0 Å². The molecule has 2 spiro atoms. The van der Waals surface area contributed by atoms with Crippen LogP contribution in [0.2, 0.25) is 0 Å². The first-order valence-electron chi connectivity index (χ1n) is 16.4. The average Bonchev–Trinajstić information content (AvgIpc) is 3.85. The second-order valence-electron chi connectivity index (χ2n) is 15.9. The van der Waals surface area contributed by atoms with Gasteiger partial charge < -0.3 is 23.7 Å². The van der Waals surface area contributed by atoms with Crippen molar-refractivity contribution >= 4 is 0 Å². The summed E-state index contributed by atoms with van der Waals surface area (Å²) in [6.07, 6.45) is 0.230. The minimum Gasteiger partial charge on any atom is -0.348 e. The summed E-state index contributed by atoms with van der Waals surface area (Å²) in [5.74, 6) is 1.10. The van der Waals surface area contributed by atoms with Crippen LogP contribution in [0, 0.1) is 46.3 Å². The van der Waals surface area contributed by atoms with Crippen LogP contribution in [-0.2, 0) is 34.9 Å². The van der Waals surface area contributed by atoms with E-state index in [1.807, 2.05) is 0 Å². The van der Waals surface area contributed by atoms with Crippen molar-refractivity contribution in [3.05, 3.63) is 107 Å². The lowest BCUT2D eigenvalue weighted by molar-refractivity contribution is -0.189. The van der Waals surface area contributed by atoms with Crippen LogP contribution in [0.5, 0.6) is 0 Å². The zero-order valence-corrected chi connectivity index (χ0v) is 24.9. The standard InChI is InChI=1S/C38H36O5/c1-33(2)39-29-25-23-24-27-31-32(42-34(3,4)41-31)28(24)36(26(23)30(29)40-33)35(25,27)37(19-13-7-5-8-14-19)21-17-11-12-18-22(21)38(36,43-37)20-15-9-6-10-16-20/h5-18,23-32H,1-4H3/t23?,24?,25?,26?,27?,28?,29-,30+,31-,32+,35?,36?,37-,38+. The molecule has 3 saturated heterocycles. The van der Waals surface area contributed by atoms with Gasteiger partial charge >= 0.3 is 0 Å². The van der Waals surface area contributed by atoms with E-state index in [1.165, 1.54) is 22.3 Å². The van der Waals surface area contributed by atoms with Gasteiger partial charge in [-0.3, -0.25) is 0 Å². The van der Waals surface area contributed by atoms with E-state index in [1.54, 1.807) is 0 Å². The SMILES string of the molecule is CC1(C)O[C@@H]2C3C4C5C6[C@H]7OC(C)(C)O[C@H]7C5C5(C4[C@@H]2O1)C36[C@]1(c2ccccc2)O[C@@]5(c2ccccc2)c2ccccc21. The van der Waals surface area contributed by atoms with E-state index >= 15 is 0 Å². The van der Waals surface area contributed by atoms with Crippen LogP contribution in [0.25, 0.3) is 0 Å². The molecule has 10 aliphatic rings. The van der Waals surface area contributed by atoms with Crippen LogP contribution >= 0.6 is 0 Å². The molecule has 4 heterocycles. The molecule has 0 N–H and O–H groups in total. The first-order valence-corrected chi connectivity index (χ1v) is 16.4. The number of rotatable bonds is 2. The molecule has 5 heteroatoms. The quantitative estimate of drug-likeness (QED) is 0.377. The largest absolute Gasteiger partial charge is 0.348 e. The maximum atomic E-state index is 8.19. The van der Waals surface area contributed by atoms with E-state index in [0.29, 0.717) is 35.5 Å². The van der Waals surface area contributed by atoms with E-state index in [4.69, 9.17) is 23.7 Å². The van der Waals surface area contributed by atoms with Gasteiger partial charge in [-0.15, -0.1) is 0 Å². The Morgan fingerprint density at radius 3 is 1.12 bits per heavy atom. The summed E-state index contributed by atoms with van der Waals surface area (Å²) in [5.41, 5.74) is 3.52. The zero-order valence-electron chi connectivity index (χ0n) is 24.9. The molecule has 9 fully saturated rings. The molecule has 6 unspecified atom stereocenters. The molecule has 0 aromatic heterocycles. The third kappa shape index (κ3) is 1.93. The summed E-state index contributed by atoms with van der Waals surface area (Å²) in [7, 11) is 0. The predicted molar refractivity (Wildman–Crippen MR) is 155 cm³/mol. The van der Waals surface area contributed by atoms with Gasteiger partial charge in [0.05, 0.1) is 24.4 Å². The summed E-state index contributed by atoms with van der Waals surface area (Å²) < 4.78 is 36.1. The molecule has 0 amide bonds. The van der Waals surface area contributed by atoms with Crippen molar-refractivity contribution in [3.8, 4) is 0 Å². The van der Waals surface area contributed by atoms with Gasteiger partial charge in [0.1, 0.15) is 11.2 Å². The van der Waals surface area contributed by atoms with Crippen LogP contribution in [0.4, 0.5) is 0 Å². The van der Waals surface area contributed by atoms with Gasteiger partial charge in [-0.05, 0) is 61.8 Å². The first-order chi connectivity index (χ1) is 20.8. The van der Waals surface area contributed by atoms with Gasteiger partial charge in [0, 0.05) is 34.5 Å². The van der Waals surface area contributed by atoms with Crippen molar-refractivity contribution in [1.29, 1.82) is 0 Å². The highest BCUT2D eigenvalue weighted by molar-refractivity contribution is 5.68. The summed E-state index contributed by atoms with van der Waals surface area (Å²) in [4.78, 5) is 0. The van der Waals surface area contributed by atoms with Crippen LogP contribution in [0.3, 0.4) is 0 Å². The fourth-order valence-corrected chi connectivity index (χ4v) is 14.6. The van der Waals surface area contributed by atoms with Crippen molar-refractivity contribution in [2.24, 2.45) is 46.3 Å². The summed E-state index contributed by atoms with van der Waals surface area (Å²) in [5, 5.41) is 0. The van der Waals surface area contributed by atoms with Crippen molar-refractivity contribution < 1.29 is 23.7 Å². The van der Waals surface area contributed by atoms with Gasteiger partial charge in [0.25, 0.3) is 0 Å². The van der Waals surface area contributed by atoms with Crippen molar-refractivity contribution in [2.75, 3.05) is 0 Å². The highest BCUT2D eigenvalue weighted by Gasteiger charge is 3.08. The highest BCUT2D eigenvalue weighted by Crippen LogP contribution is 3.04. The van der Waals surface area contributed by atoms with E-state index in [9.17, 15) is 0 Å². The molecular formula is C38H36O5. The van der Waals surface area contributed by atoms with Crippen LogP contribution < -0.4 is 0 Å². The molecular weight excluding hydrogens is 536 g/mol. The minimum absolute atomic E-state index is 0.0574. The maximum Gasteiger partial charge on any atom is 0.163 e. The molecule has 43 heavy (non-hydrogen) atoms. The third-order valence-corrected chi connectivity index (χ3v) is 14.2. The summed E-state index contributed by atoms with van der Waals surface area (Å²) in [6, 6.07) is 31.6. The minimum atomic E-state index is -0.630. The molecule has 6 aliphatic carbocycles. The second-order valence-corrected chi connectivity index (χ2v) is 15.9. The molecule has 5 nitrogen and oxygen atoms in total. The fraction of sp³-hybridized carbons (Fsp3) is 0.526. The molecule has 3 aromatic carbocycles. The molecule has 4 aliphatic heterocycles. The summed E-state index contributed by atoms with van der Waals surface area (Å²) >= 11 is 0. The normalized spacial score (nSPS) is 54.8. The third-order valence-electron chi connectivity index (χ3n) is 14.2. The number of hydrogen-bond donors (Lipinski definition) is 0. The fourth-order valence-electron chi connectivity index (χ4n) is 14.6. The van der Waals surface area contributed by atoms with Crippen molar-refractivity contribution in [2.45, 2.75) is 74.9 Å². The van der Waals surface area contributed by atoms with E-state index in [-0.39, 0.29) is 35.2 Å². The molecule has 0 radical (unpaired) electrons. The van der Waals surface area contributed by atoms with Crippen LogP contribution in [0.1, 0.15) is 49.9 Å². The van der Waals surface area contributed by atoms with Crippen LogP contribution in [-0.4, -0.2) is 36.0 Å². The van der Waals surface area contributed by atoms with Gasteiger partial charge in [-0.1, -0.05) is 84.9 Å². The number of ether oxygens (including phenoxy) is 5. The summed E-state index contributed by atoms with van der Waals surface area (Å²) in [6.45, 7) is 8.44. The lowest BCUT2D eigenvalue weighted by Gasteiger charge is -2.65. The maximum absolute atomic E-state index is 8.19. The Labute approximate surface area is 251 Å².